The van der Waals surface area contributed by atoms with Gasteiger partial charge in [-0.15, -0.1) is 0 Å². The maximum atomic E-state index is 14.5. The molecule has 5 N–H and O–H groups in total. The van der Waals surface area contributed by atoms with Crippen molar-refractivity contribution in [1.29, 1.82) is 0 Å². The third-order valence-corrected chi connectivity index (χ3v) is 8.41. The van der Waals surface area contributed by atoms with Crippen LogP contribution in [0.4, 0.5) is 8.78 Å². The fraction of sp³-hybridized carbons (Fsp3) is 0.257. The molecule has 226 valence electrons. The lowest BCUT2D eigenvalue weighted by molar-refractivity contribution is 0.0424. The van der Waals surface area contributed by atoms with Crippen molar-refractivity contribution in [2.24, 2.45) is 22.5 Å². The number of carbonyl (C=O) groups excluding carboxylic acids is 1. The highest BCUT2D eigenvalue weighted by atomic mass is 19.1. The van der Waals surface area contributed by atoms with Crippen LogP contribution >= 0.6 is 0 Å². The van der Waals surface area contributed by atoms with Gasteiger partial charge >= 0.3 is 0 Å². The Morgan fingerprint density at radius 1 is 0.886 bits per heavy atom. The summed E-state index contributed by atoms with van der Waals surface area (Å²) >= 11 is 0. The van der Waals surface area contributed by atoms with Gasteiger partial charge in [-0.2, -0.15) is 0 Å². The number of nitrogens with zero attached hydrogens (tertiary/aromatic N) is 1. The van der Waals surface area contributed by atoms with Crippen molar-refractivity contribution < 1.29 is 23.1 Å². The lowest BCUT2D eigenvalue weighted by atomic mass is 9.83. The monoisotopic (exact) mass is 596 g/mol. The molecule has 2 aliphatic heterocycles. The van der Waals surface area contributed by atoms with E-state index in [9.17, 15) is 13.6 Å². The first-order valence-electron chi connectivity index (χ1n) is 14.6. The maximum Gasteiger partial charge on any atom is 0.251 e. The molecule has 0 saturated carbocycles. The molecule has 0 radical (unpaired) electrons. The number of nitrogens with two attached hydrogens (primary N) is 2. The molecule has 0 aliphatic carbocycles. The number of hydrogen-bond acceptors (Lipinski definition) is 5. The maximum absolute atomic E-state index is 14.5. The van der Waals surface area contributed by atoms with Gasteiger partial charge in [-0.1, -0.05) is 61.5 Å². The van der Waals surface area contributed by atoms with Crippen molar-refractivity contribution >= 4 is 11.7 Å². The van der Waals surface area contributed by atoms with Gasteiger partial charge in [-0.05, 0) is 76.6 Å². The van der Waals surface area contributed by atoms with Crippen molar-refractivity contribution in [3.8, 4) is 11.1 Å². The molecule has 2 aliphatic rings. The number of hydrogen-bond donors (Lipinski definition) is 3. The first kappa shape index (κ1) is 29.5. The molecule has 0 aromatic heterocycles. The lowest BCUT2D eigenvalue weighted by Gasteiger charge is -2.21. The van der Waals surface area contributed by atoms with Crippen LogP contribution in [0.25, 0.3) is 11.1 Å². The number of oxime groups is 1. The molecular weight excluding hydrogens is 562 g/mol. The summed E-state index contributed by atoms with van der Waals surface area (Å²) in [6.07, 6.45) is -0.888. The quantitative estimate of drug-likeness (QED) is 0.123. The van der Waals surface area contributed by atoms with Crippen molar-refractivity contribution in [2.45, 2.75) is 51.7 Å². The predicted octanol–water partition coefficient (Wildman–Crippen LogP) is 6.09. The number of benzene rings is 4. The third-order valence-electron chi connectivity index (χ3n) is 8.41. The summed E-state index contributed by atoms with van der Waals surface area (Å²) in [5.41, 5.74) is 19.1. The van der Waals surface area contributed by atoms with Crippen LogP contribution in [0.15, 0.2) is 84.0 Å². The van der Waals surface area contributed by atoms with Gasteiger partial charge in [0, 0.05) is 35.3 Å². The minimum Gasteiger partial charge on any atom is -0.389 e. The predicted molar refractivity (Wildman–Crippen MR) is 165 cm³/mol. The Kier molecular flexibility index (Phi) is 7.92. The van der Waals surface area contributed by atoms with E-state index < -0.39 is 11.6 Å². The summed E-state index contributed by atoms with van der Waals surface area (Å²) in [6.45, 7) is 6.22. The van der Waals surface area contributed by atoms with Crippen molar-refractivity contribution in [3.63, 3.8) is 0 Å². The average Bonchev–Trinajstić information content (AvgIpc) is 3.59. The summed E-state index contributed by atoms with van der Waals surface area (Å²) in [7, 11) is 0. The van der Waals surface area contributed by atoms with Crippen LogP contribution in [-0.2, 0) is 16.1 Å². The fourth-order valence-electron chi connectivity index (χ4n) is 5.76. The molecular formula is C35H34F2N4O3. The number of fused-ring (bicyclic) bond motifs is 8. The van der Waals surface area contributed by atoms with Crippen LogP contribution in [0, 0.1) is 17.6 Å². The van der Waals surface area contributed by atoms with E-state index in [0.717, 1.165) is 33.9 Å². The summed E-state index contributed by atoms with van der Waals surface area (Å²) in [5, 5.41) is 7.00. The molecule has 4 aromatic carbocycles. The van der Waals surface area contributed by atoms with E-state index in [1.807, 2.05) is 75.4 Å². The second kappa shape index (κ2) is 11.8. The number of rotatable bonds is 9. The Hall–Kier alpha value is -4.60. The average molecular weight is 597 g/mol. The highest BCUT2D eigenvalue weighted by Gasteiger charge is 2.43. The molecule has 0 saturated heterocycles. The Morgan fingerprint density at radius 3 is 2.25 bits per heavy atom. The topological polar surface area (TPSA) is 112 Å². The van der Waals surface area contributed by atoms with Gasteiger partial charge in [0.2, 0.25) is 0 Å². The van der Waals surface area contributed by atoms with Gasteiger partial charge < -0.3 is 26.4 Å². The van der Waals surface area contributed by atoms with E-state index in [0.29, 0.717) is 28.8 Å². The SMILES string of the molecule is CC(C)[C@H](N)C(C)ON=C(N)c1ccc(CNC(=O)c2ccc3c(c2)[C@@H]2O[C@H]3c3ccc(-c4ccc(F)cc4F)cc32)cc1. The fourth-order valence-corrected chi connectivity index (χ4v) is 5.76. The van der Waals surface area contributed by atoms with Crippen LogP contribution in [0.1, 0.15) is 76.7 Å². The molecule has 4 atom stereocenters. The van der Waals surface area contributed by atoms with Crippen LogP contribution in [0.2, 0.25) is 0 Å². The van der Waals surface area contributed by atoms with E-state index in [1.165, 1.54) is 12.1 Å². The van der Waals surface area contributed by atoms with Crippen molar-refractivity contribution in [3.05, 3.63) is 129 Å². The molecule has 9 heteroatoms. The number of nitrogens with one attached hydrogen (secondary N) is 1. The van der Waals surface area contributed by atoms with Crippen LogP contribution in [0.5, 0.6) is 0 Å². The lowest BCUT2D eigenvalue weighted by Crippen LogP contribution is -2.38. The molecule has 1 amide bonds. The Morgan fingerprint density at radius 2 is 1.55 bits per heavy atom. The molecule has 2 heterocycles. The summed E-state index contributed by atoms with van der Waals surface area (Å²) < 4.78 is 34.2. The number of amides is 1. The normalized spacial score (nSPS) is 18.1. The van der Waals surface area contributed by atoms with E-state index in [4.69, 9.17) is 21.0 Å². The minimum absolute atomic E-state index is 0.159. The van der Waals surface area contributed by atoms with E-state index in [2.05, 4.69) is 10.5 Å². The van der Waals surface area contributed by atoms with Crippen molar-refractivity contribution in [2.75, 3.05) is 0 Å². The highest BCUT2D eigenvalue weighted by molar-refractivity contribution is 5.97. The summed E-state index contributed by atoms with van der Waals surface area (Å²) in [6, 6.07) is 22.0. The number of halogens is 2. The zero-order valence-electron chi connectivity index (χ0n) is 24.7. The largest absolute Gasteiger partial charge is 0.389 e. The van der Waals surface area contributed by atoms with E-state index >= 15 is 0 Å². The zero-order chi connectivity index (χ0) is 31.1. The highest BCUT2D eigenvalue weighted by Crippen LogP contribution is 2.54. The number of ether oxygens (including phenoxy) is 1. The van der Waals surface area contributed by atoms with E-state index in [-0.39, 0.29) is 42.0 Å². The van der Waals surface area contributed by atoms with Gasteiger partial charge in [-0.3, -0.25) is 4.79 Å². The van der Waals surface area contributed by atoms with Gasteiger partial charge in [0.15, 0.2) is 5.84 Å². The third kappa shape index (κ3) is 5.56. The first-order chi connectivity index (χ1) is 21.1. The van der Waals surface area contributed by atoms with Gasteiger partial charge in [0.25, 0.3) is 5.91 Å². The molecule has 2 bridgehead atoms. The summed E-state index contributed by atoms with van der Waals surface area (Å²) in [5.74, 6) is -0.960. The van der Waals surface area contributed by atoms with E-state index in [1.54, 1.807) is 6.07 Å². The standard InChI is InChI=1S/C35H34F2N4O3/c1-18(2)31(38)19(3)44-41-34(39)21-6-4-20(5-7-21)17-40-35(42)23-9-12-27-29(15-23)33-28-14-22(8-11-26(28)32(27)43-33)25-13-10-24(36)16-30(25)37/h4-16,18-19,31-33H,17,38H2,1-3H3,(H2,39,41)(H,40,42)/t19?,31-,32-,33+/m0/s1. The second-order valence-electron chi connectivity index (χ2n) is 11.7. The van der Waals surface area contributed by atoms with Crippen LogP contribution < -0.4 is 16.8 Å². The number of carbonyl (C=O) groups is 1. The van der Waals surface area contributed by atoms with Crippen LogP contribution in [-0.4, -0.2) is 23.9 Å². The second-order valence-corrected chi connectivity index (χ2v) is 11.7. The molecule has 0 spiro atoms. The first-order valence-corrected chi connectivity index (χ1v) is 14.6. The van der Waals surface area contributed by atoms with Crippen LogP contribution in [0.3, 0.4) is 0 Å². The van der Waals surface area contributed by atoms with Gasteiger partial charge in [0.1, 0.15) is 29.9 Å². The number of amidine groups is 1. The minimum atomic E-state index is -0.621. The summed E-state index contributed by atoms with van der Waals surface area (Å²) in [4.78, 5) is 18.6. The Balaban J connectivity index is 1.11. The smallest absolute Gasteiger partial charge is 0.251 e. The molecule has 7 nitrogen and oxygen atoms in total. The molecule has 0 fully saturated rings. The molecule has 4 aromatic rings. The molecule has 44 heavy (non-hydrogen) atoms. The van der Waals surface area contributed by atoms with Crippen molar-refractivity contribution in [1.82, 2.24) is 5.32 Å². The molecule has 6 rings (SSSR count). The molecule has 1 unspecified atom stereocenters. The Bertz CT molecular complexity index is 1760. The zero-order valence-corrected chi connectivity index (χ0v) is 24.7. The Labute approximate surface area is 254 Å². The van der Waals surface area contributed by atoms with Gasteiger partial charge in [0.05, 0.1) is 0 Å². The van der Waals surface area contributed by atoms with Gasteiger partial charge in [-0.25, -0.2) is 8.78 Å².